The summed E-state index contributed by atoms with van der Waals surface area (Å²) in [6.45, 7) is -0.274. The van der Waals surface area contributed by atoms with Gasteiger partial charge in [0.15, 0.2) is 0 Å². The molecular weight excluding hydrogens is 472 g/mol. The van der Waals surface area contributed by atoms with E-state index in [1.807, 2.05) is 0 Å². The van der Waals surface area contributed by atoms with Gasteiger partial charge < -0.3 is 9.47 Å². The molecule has 0 spiro atoms. The van der Waals surface area contributed by atoms with Gasteiger partial charge in [-0.3, -0.25) is 14.2 Å². The molecule has 30 heavy (non-hydrogen) atoms. The van der Waals surface area contributed by atoms with Crippen LogP contribution in [0.2, 0.25) is 10.0 Å². The van der Waals surface area contributed by atoms with Crippen LogP contribution in [0.1, 0.15) is 5.69 Å². The number of rotatable bonds is 6. The highest BCUT2D eigenvalue weighted by Gasteiger charge is 2.35. The molecule has 0 bridgehead atoms. The lowest BCUT2D eigenvalue weighted by Crippen LogP contribution is -2.40. The summed E-state index contributed by atoms with van der Waals surface area (Å²) < 4.78 is 50.2. The molecule has 0 amide bonds. The molecule has 0 saturated heterocycles. The lowest BCUT2D eigenvalue weighted by Gasteiger charge is -2.16. The van der Waals surface area contributed by atoms with Crippen molar-refractivity contribution in [2.75, 3.05) is 13.7 Å². The molecule has 0 aliphatic rings. The van der Waals surface area contributed by atoms with Crippen molar-refractivity contribution in [1.29, 1.82) is 0 Å². The van der Waals surface area contributed by atoms with Crippen molar-refractivity contribution in [3.05, 3.63) is 66.6 Å². The first-order valence-electron chi connectivity index (χ1n) is 7.86. The van der Waals surface area contributed by atoms with Crippen molar-refractivity contribution in [1.82, 2.24) is 9.13 Å². The molecule has 1 aromatic heterocycles. The molecule has 13 heteroatoms. The van der Waals surface area contributed by atoms with Crippen LogP contribution in [-0.4, -0.2) is 28.0 Å². The van der Waals surface area contributed by atoms with Crippen molar-refractivity contribution in [2.24, 2.45) is 7.05 Å². The lowest BCUT2D eigenvalue weighted by molar-refractivity contribution is -0.144. The van der Waals surface area contributed by atoms with E-state index in [1.54, 1.807) is 0 Å². The molecule has 0 atom stereocenters. The Labute approximate surface area is 182 Å². The Kier molecular flexibility index (Phi) is 7.32. The number of thiol groups is 1. The molecule has 0 radical (unpaired) electrons. The monoisotopic (exact) mass is 484 g/mol. The van der Waals surface area contributed by atoms with E-state index >= 15 is 0 Å². The first kappa shape index (κ1) is 23.9. The minimum atomic E-state index is -4.91. The van der Waals surface area contributed by atoms with Crippen LogP contribution in [0.4, 0.5) is 13.2 Å². The molecule has 1 heterocycles. The Morgan fingerprint density at radius 2 is 1.83 bits per heavy atom. The van der Waals surface area contributed by atoms with E-state index in [-0.39, 0.29) is 44.5 Å². The number of halogens is 5. The quantitative estimate of drug-likeness (QED) is 0.386. The maximum atomic E-state index is 13.0. The fraction of sp³-hybridized carbons (Fsp3) is 0.235. The molecule has 7 nitrogen and oxygen atoms in total. The van der Waals surface area contributed by atoms with Gasteiger partial charge in [-0.25, -0.2) is 9.36 Å². The Morgan fingerprint density at radius 3 is 2.37 bits per heavy atom. The maximum Gasteiger partial charge on any atom is 0.431 e. The number of carbonyl (C=O) groups is 1. The molecule has 0 unspecified atom stereocenters. The molecule has 0 saturated carbocycles. The van der Waals surface area contributed by atoms with E-state index < -0.39 is 28.2 Å². The van der Waals surface area contributed by atoms with Gasteiger partial charge in [-0.15, -0.1) is 12.6 Å². The van der Waals surface area contributed by atoms with Crippen molar-refractivity contribution in [3.63, 3.8) is 0 Å². The summed E-state index contributed by atoms with van der Waals surface area (Å²) in [6.07, 6.45) is -3.86. The largest absolute Gasteiger partial charge is 0.497 e. The van der Waals surface area contributed by atoms with E-state index in [0.717, 1.165) is 25.3 Å². The number of methoxy groups -OCH3 is 1. The Bertz CT molecular complexity index is 1140. The van der Waals surface area contributed by atoms with Crippen molar-refractivity contribution in [3.8, 4) is 11.4 Å². The average Bonchev–Trinajstić information content (AvgIpc) is 2.63. The van der Waals surface area contributed by atoms with Crippen LogP contribution in [0, 0.1) is 0 Å². The molecule has 2 aromatic rings. The summed E-state index contributed by atoms with van der Waals surface area (Å²) in [7, 11) is 2.15. The van der Waals surface area contributed by atoms with Crippen LogP contribution >= 0.6 is 35.8 Å². The van der Waals surface area contributed by atoms with Gasteiger partial charge in [0.1, 0.15) is 23.8 Å². The number of aromatic nitrogens is 2. The molecular formula is C17H13Cl2F3N2O5S. The van der Waals surface area contributed by atoms with E-state index in [0.29, 0.717) is 4.57 Å². The summed E-state index contributed by atoms with van der Waals surface area (Å²) in [6, 6.07) is 2.53. The molecule has 2 rings (SSSR count). The SMILES string of the molecule is CO/C(=C/C(=O)S)COc1cc(-n2c(=O)cc(C(F)(F)F)n(C)c2=O)c(Cl)cc1Cl. The Balaban J connectivity index is 2.58. The Hall–Kier alpha value is -2.37. The fourth-order valence-corrected chi connectivity index (χ4v) is 3.03. The van der Waals surface area contributed by atoms with Gasteiger partial charge in [0.05, 0.1) is 22.8 Å². The van der Waals surface area contributed by atoms with Crippen LogP contribution in [0.25, 0.3) is 5.69 Å². The number of carbonyl (C=O) groups excluding carboxylic acids is 1. The maximum absolute atomic E-state index is 13.0. The van der Waals surface area contributed by atoms with Gasteiger partial charge in [0, 0.05) is 25.3 Å². The summed E-state index contributed by atoms with van der Waals surface area (Å²) in [5, 5.41) is -0.800. The van der Waals surface area contributed by atoms with Crippen LogP contribution in [0.15, 0.2) is 39.6 Å². The van der Waals surface area contributed by atoms with Gasteiger partial charge >= 0.3 is 11.9 Å². The van der Waals surface area contributed by atoms with Crippen LogP contribution in [0.5, 0.6) is 5.75 Å². The van der Waals surface area contributed by atoms with Crippen molar-refractivity contribution in [2.45, 2.75) is 6.18 Å². The Morgan fingerprint density at radius 1 is 1.20 bits per heavy atom. The first-order valence-corrected chi connectivity index (χ1v) is 9.07. The summed E-state index contributed by atoms with van der Waals surface area (Å²) >= 11 is 15.7. The van der Waals surface area contributed by atoms with Crippen molar-refractivity contribution < 1.29 is 27.4 Å². The summed E-state index contributed by atoms with van der Waals surface area (Å²) in [5.41, 5.74) is -4.19. The molecule has 1 aromatic carbocycles. The number of ether oxygens (including phenoxy) is 2. The third kappa shape index (κ3) is 5.21. The number of hydrogen-bond acceptors (Lipinski definition) is 5. The predicted molar refractivity (Wildman–Crippen MR) is 107 cm³/mol. The van der Waals surface area contributed by atoms with Gasteiger partial charge in [-0.05, 0) is 6.07 Å². The zero-order chi connectivity index (χ0) is 22.8. The van der Waals surface area contributed by atoms with Gasteiger partial charge in [-0.2, -0.15) is 13.2 Å². The van der Waals surface area contributed by atoms with Crippen LogP contribution in [0.3, 0.4) is 0 Å². The van der Waals surface area contributed by atoms with Crippen LogP contribution in [-0.2, 0) is 22.8 Å². The zero-order valence-electron chi connectivity index (χ0n) is 15.3. The highest BCUT2D eigenvalue weighted by atomic mass is 35.5. The van der Waals surface area contributed by atoms with E-state index in [4.69, 9.17) is 32.7 Å². The molecule has 162 valence electrons. The zero-order valence-corrected chi connectivity index (χ0v) is 17.7. The second kappa shape index (κ2) is 9.19. The second-order valence-electron chi connectivity index (χ2n) is 5.72. The number of alkyl halides is 3. The standard InChI is InChI=1S/C17H13Cl2F3N2O5S/c1-23-13(17(20,21)22)6-14(25)24(16(23)27)11-5-12(10(19)4-9(11)18)29-7-8(28-2)3-15(26)30/h3-6H,7H2,1-2H3,(H,26,30)/b8-3+. The van der Waals surface area contributed by atoms with Gasteiger partial charge in [0.2, 0.25) is 5.12 Å². The molecule has 0 fully saturated rings. The minimum Gasteiger partial charge on any atom is -0.497 e. The van der Waals surface area contributed by atoms with E-state index in [2.05, 4.69) is 12.6 Å². The predicted octanol–water partition coefficient (Wildman–Crippen LogP) is 3.23. The van der Waals surface area contributed by atoms with E-state index in [1.165, 1.54) is 7.11 Å². The molecule has 0 aliphatic carbocycles. The molecule has 0 aliphatic heterocycles. The van der Waals surface area contributed by atoms with E-state index in [9.17, 15) is 27.6 Å². The highest BCUT2D eigenvalue weighted by molar-refractivity contribution is 7.97. The number of nitrogens with zero attached hydrogens (tertiary/aromatic N) is 2. The average molecular weight is 485 g/mol. The summed E-state index contributed by atoms with van der Waals surface area (Å²) in [4.78, 5) is 35.8. The molecule has 0 N–H and O–H groups in total. The number of hydrogen-bond donors (Lipinski definition) is 1. The summed E-state index contributed by atoms with van der Waals surface area (Å²) in [5.74, 6) is 0.0182. The minimum absolute atomic E-state index is 0.0202. The smallest absolute Gasteiger partial charge is 0.431 e. The third-order valence-electron chi connectivity index (χ3n) is 3.77. The second-order valence-corrected chi connectivity index (χ2v) is 6.97. The van der Waals surface area contributed by atoms with Gasteiger partial charge in [-0.1, -0.05) is 23.2 Å². The fourth-order valence-electron chi connectivity index (χ4n) is 2.37. The van der Waals surface area contributed by atoms with Gasteiger partial charge in [0.25, 0.3) is 5.56 Å². The highest BCUT2D eigenvalue weighted by Crippen LogP contribution is 2.33. The third-order valence-corrected chi connectivity index (χ3v) is 4.50. The topological polar surface area (TPSA) is 79.5 Å². The van der Waals surface area contributed by atoms with Crippen LogP contribution < -0.4 is 16.0 Å². The first-order chi connectivity index (χ1) is 13.9. The normalized spacial score (nSPS) is 12.1. The number of benzene rings is 1. The van der Waals surface area contributed by atoms with Crippen molar-refractivity contribution >= 4 is 40.9 Å². The lowest BCUT2D eigenvalue weighted by atomic mass is 10.2.